The van der Waals surface area contributed by atoms with Crippen molar-refractivity contribution in [1.29, 1.82) is 0 Å². The number of benzene rings is 2. The van der Waals surface area contributed by atoms with Gasteiger partial charge < -0.3 is 14.5 Å². The maximum absolute atomic E-state index is 12.5. The molecular formula is C22H23NO3. The summed E-state index contributed by atoms with van der Waals surface area (Å²) in [6.07, 6.45) is 3.32. The number of fused-ring (bicyclic) bond motifs is 1. The molecule has 0 atom stereocenters. The largest absolute Gasteiger partial charge is 0.496 e. The smallest absolute Gasteiger partial charge is 0.248 e. The van der Waals surface area contributed by atoms with E-state index in [2.05, 4.69) is 5.32 Å². The Morgan fingerprint density at radius 2 is 1.88 bits per heavy atom. The van der Waals surface area contributed by atoms with E-state index in [9.17, 15) is 4.79 Å². The predicted octanol–water partition coefficient (Wildman–Crippen LogP) is 5.41. The van der Waals surface area contributed by atoms with Crippen LogP contribution in [0.3, 0.4) is 0 Å². The second kappa shape index (κ2) is 7.08. The van der Waals surface area contributed by atoms with Crippen LogP contribution in [-0.4, -0.2) is 13.0 Å². The fourth-order valence-electron chi connectivity index (χ4n) is 2.97. The summed E-state index contributed by atoms with van der Waals surface area (Å²) in [5.41, 5.74) is 6.49. The molecule has 1 heterocycles. The summed E-state index contributed by atoms with van der Waals surface area (Å²) < 4.78 is 11.0. The highest BCUT2D eigenvalue weighted by molar-refractivity contribution is 6.05. The molecule has 0 unspecified atom stereocenters. The van der Waals surface area contributed by atoms with Crippen LogP contribution in [0.5, 0.6) is 5.75 Å². The first-order chi connectivity index (χ1) is 12.4. The van der Waals surface area contributed by atoms with Crippen LogP contribution < -0.4 is 10.1 Å². The van der Waals surface area contributed by atoms with Crippen molar-refractivity contribution in [3.05, 3.63) is 64.9 Å². The molecule has 1 N–H and O–H groups in total. The highest BCUT2D eigenvalue weighted by Crippen LogP contribution is 2.33. The standard InChI is InChI=1S/C22H23NO3/c1-13-6-7-14(2)19(8-13)23-22(24)9-15(3)17-10-18-16(4)12-26-21(18)11-20(17)25-5/h6-12H,1-5H3,(H,23,24)/b15-9+. The molecule has 2 aromatic carbocycles. The number of carbonyl (C=O) groups is 1. The first-order valence-electron chi connectivity index (χ1n) is 8.52. The number of anilines is 1. The highest BCUT2D eigenvalue weighted by Gasteiger charge is 2.12. The van der Waals surface area contributed by atoms with Gasteiger partial charge in [-0.25, -0.2) is 0 Å². The summed E-state index contributed by atoms with van der Waals surface area (Å²) in [6, 6.07) is 9.86. The van der Waals surface area contributed by atoms with Crippen molar-refractivity contribution < 1.29 is 13.9 Å². The molecular weight excluding hydrogens is 326 g/mol. The van der Waals surface area contributed by atoms with E-state index in [1.807, 2.05) is 58.0 Å². The van der Waals surface area contributed by atoms with Gasteiger partial charge in [0.25, 0.3) is 0 Å². The van der Waals surface area contributed by atoms with Gasteiger partial charge in [-0.05, 0) is 62.1 Å². The van der Waals surface area contributed by atoms with Crippen LogP contribution >= 0.6 is 0 Å². The third kappa shape index (κ3) is 3.49. The average molecular weight is 349 g/mol. The van der Waals surface area contributed by atoms with Gasteiger partial charge in [0.2, 0.25) is 5.91 Å². The Labute approximate surface area is 153 Å². The maximum Gasteiger partial charge on any atom is 0.248 e. The van der Waals surface area contributed by atoms with Crippen molar-refractivity contribution in [3.63, 3.8) is 0 Å². The van der Waals surface area contributed by atoms with Crippen LogP contribution in [0.1, 0.15) is 29.2 Å². The molecule has 3 rings (SSSR count). The lowest BCUT2D eigenvalue weighted by Gasteiger charge is -2.11. The summed E-state index contributed by atoms with van der Waals surface area (Å²) in [5, 5.41) is 3.98. The van der Waals surface area contributed by atoms with Crippen molar-refractivity contribution in [2.45, 2.75) is 27.7 Å². The Balaban J connectivity index is 1.93. The molecule has 26 heavy (non-hydrogen) atoms. The van der Waals surface area contributed by atoms with E-state index in [4.69, 9.17) is 9.15 Å². The lowest BCUT2D eigenvalue weighted by atomic mass is 10.0. The minimum absolute atomic E-state index is 0.165. The van der Waals surface area contributed by atoms with Crippen LogP contribution in [0, 0.1) is 20.8 Å². The van der Waals surface area contributed by atoms with Gasteiger partial charge in [-0.15, -0.1) is 0 Å². The van der Waals surface area contributed by atoms with E-state index in [0.29, 0.717) is 5.75 Å². The quantitative estimate of drug-likeness (QED) is 0.641. The average Bonchev–Trinajstić information content (AvgIpc) is 2.97. The molecule has 1 amide bonds. The molecule has 4 heteroatoms. The third-order valence-corrected chi connectivity index (χ3v) is 4.51. The van der Waals surface area contributed by atoms with Crippen molar-refractivity contribution in [2.75, 3.05) is 12.4 Å². The van der Waals surface area contributed by atoms with E-state index in [1.54, 1.807) is 19.4 Å². The number of aryl methyl sites for hydroxylation is 3. The lowest BCUT2D eigenvalue weighted by molar-refractivity contribution is -0.111. The zero-order chi connectivity index (χ0) is 18.8. The third-order valence-electron chi connectivity index (χ3n) is 4.51. The van der Waals surface area contributed by atoms with E-state index in [-0.39, 0.29) is 5.91 Å². The van der Waals surface area contributed by atoms with Crippen molar-refractivity contribution in [3.8, 4) is 5.75 Å². The van der Waals surface area contributed by atoms with Crippen LogP contribution in [0.4, 0.5) is 5.69 Å². The molecule has 134 valence electrons. The minimum Gasteiger partial charge on any atom is -0.496 e. The van der Waals surface area contributed by atoms with Crippen LogP contribution in [-0.2, 0) is 4.79 Å². The summed E-state index contributed by atoms with van der Waals surface area (Å²) in [7, 11) is 1.62. The van der Waals surface area contributed by atoms with Gasteiger partial charge in [-0.3, -0.25) is 4.79 Å². The van der Waals surface area contributed by atoms with Gasteiger partial charge in [0.1, 0.15) is 11.3 Å². The van der Waals surface area contributed by atoms with Crippen LogP contribution in [0.15, 0.2) is 47.1 Å². The SMILES string of the molecule is COc1cc2occ(C)c2cc1/C(C)=C/C(=O)Nc1cc(C)ccc1C. The zero-order valence-corrected chi connectivity index (χ0v) is 15.8. The monoisotopic (exact) mass is 349 g/mol. The van der Waals surface area contributed by atoms with Gasteiger partial charge in [0, 0.05) is 28.8 Å². The minimum atomic E-state index is -0.165. The molecule has 4 nitrogen and oxygen atoms in total. The van der Waals surface area contributed by atoms with Crippen molar-refractivity contribution in [2.24, 2.45) is 0 Å². The Bertz CT molecular complexity index is 1010. The molecule has 0 radical (unpaired) electrons. The summed E-state index contributed by atoms with van der Waals surface area (Å²) in [5.74, 6) is 0.516. The number of nitrogens with one attached hydrogen (secondary N) is 1. The molecule has 0 bridgehead atoms. The number of allylic oxidation sites excluding steroid dienone is 1. The Kier molecular flexibility index (Phi) is 4.85. The molecule has 1 aromatic heterocycles. The van der Waals surface area contributed by atoms with E-state index in [1.165, 1.54) is 0 Å². The maximum atomic E-state index is 12.5. The highest BCUT2D eigenvalue weighted by atomic mass is 16.5. The van der Waals surface area contributed by atoms with Gasteiger partial charge in [-0.1, -0.05) is 12.1 Å². The number of hydrogen-bond donors (Lipinski definition) is 1. The number of ether oxygens (including phenoxy) is 1. The van der Waals surface area contributed by atoms with Crippen LogP contribution in [0.25, 0.3) is 16.5 Å². The van der Waals surface area contributed by atoms with Gasteiger partial charge in [0.15, 0.2) is 0 Å². The molecule has 0 saturated heterocycles. The second-order valence-electron chi connectivity index (χ2n) is 6.60. The molecule has 0 fully saturated rings. The fraction of sp³-hybridized carbons (Fsp3) is 0.227. The molecule has 3 aromatic rings. The number of furan rings is 1. The first-order valence-corrected chi connectivity index (χ1v) is 8.52. The normalized spacial score (nSPS) is 11.7. The van der Waals surface area contributed by atoms with Gasteiger partial charge in [-0.2, -0.15) is 0 Å². The van der Waals surface area contributed by atoms with Crippen molar-refractivity contribution >= 4 is 28.1 Å². The Hall–Kier alpha value is -3.01. The Morgan fingerprint density at radius 1 is 1.12 bits per heavy atom. The molecule has 0 aliphatic carbocycles. The van der Waals surface area contributed by atoms with Crippen LogP contribution in [0.2, 0.25) is 0 Å². The Morgan fingerprint density at radius 3 is 2.62 bits per heavy atom. The fourth-order valence-corrected chi connectivity index (χ4v) is 2.97. The molecule has 0 spiro atoms. The molecule has 0 saturated carbocycles. The van der Waals surface area contributed by atoms with E-state index >= 15 is 0 Å². The number of amides is 1. The number of rotatable bonds is 4. The number of methoxy groups -OCH3 is 1. The summed E-state index contributed by atoms with van der Waals surface area (Å²) >= 11 is 0. The van der Waals surface area contributed by atoms with E-state index < -0.39 is 0 Å². The summed E-state index contributed by atoms with van der Waals surface area (Å²) in [6.45, 7) is 7.88. The first kappa shape index (κ1) is 17.8. The topological polar surface area (TPSA) is 51.5 Å². The lowest BCUT2D eigenvalue weighted by Crippen LogP contribution is -2.10. The summed E-state index contributed by atoms with van der Waals surface area (Å²) in [4.78, 5) is 12.5. The second-order valence-corrected chi connectivity index (χ2v) is 6.60. The van der Waals surface area contributed by atoms with Gasteiger partial charge in [0.05, 0.1) is 13.4 Å². The number of hydrogen-bond acceptors (Lipinski definition) is 3. The molecule has 0 aliphatic rings. The molecule has 0 aliphatic heterocycles. The predicted molar refractivity (Wildman–Crippen MR) is 106 cm³/mol. The van der Waals surface area contributed by atoms with Gasteiger partial charge >= 0.3 is 0 Å². The zero-order valence-electron chi connectivity index (χ0n) is 15.8. The van der Waals surface area contributed by atoms with Crippen molar-refractivity contribution in [1.82, 2.24) is 0 Å². The van der Waals surface area contributed by atoms with E-state index in [0.717, 1.165) is 44.5 Å². The number of carbonyl (C=O) groups excluding carboxylic acids is 1.